The second kappa shape index (κ2) is 7.63. The molecule has 1 atom stereocenters. The van der Waals surface area contributed by atoms with Gasteiger partial charge in [0.2, 0.25) is 0 Å². The van der Waals surface area contributed by atoms with Gasteiger partial charge >= 0.3 is 0 Å². The Morgan fingerprint density at radius 1 is 1.31 bits per heavy atom. The van der Waals surface area contributed by atoms with E-state index in [1.54, 1.807) is 36.5 Å². The lowest BCUT2D eigenvalue weighted by atomic mass is 10.1. The predicted octanol–water partition coefficient (Wildman–Crippen LogP) is 3.00. The van der Waals surface area contributed by atoms with Crippen molar-refractivity contribution < 1.29 is 13.2 Å². The normalized spacial score (nSPS) is 18.5. The molecule has 1 aromatic heterocycles. The summed E-state index contributed by atoms with van der Waals surface area (Å²) in [5.74, 6) is 0.0668. The number of hydrogen-bond donors (Lipinski definition) is 1. The van der Waals surface area contributed by atoms with Crippen LogP contribution < -0.4 is 10.2 Å². The Balaban J connectivity index is 1.78. The molecule has 0 spiro atoms. The largest absolute Gasteiger partial charge is 0.367 e. The third-order valence-corrected chi connectivity index (χ3v) is 6.41. The Hall–Kier alpha value is -2.12. The van der Waals surface area contributed by atoms with Gasteiger partial charge in [-0.15, -0.1) is 0 Å². The molecule has 0 saturated carbocycles. The van der Waals surface area contributed by atoms with E-state index in [-0.39, 0.29) is 23.5 Å². The molecule has 138 valence electrons. The number of nitrogens with one attached hydrogen (secondary N) is 1. The van der Waals surface area contributed by atoms with Gasteiger partial charge < -0.3 is 10.2 Å². The fourth-order valence-corrected chi connectivity index (χ4v) is 4.98. The fraction of sp³-hybridized carbons (Fsp3) is 0.333. The number of carbonyl (C=O) groups excluding carboxylic acids is 1. The number of rotatable bonds is 5. The van der Waals surface area contributed by atoms with Gasteiger partial charge in [0.1, 0.15) is 0 Å². The minimum atomic E-state index is -2.98. The summed E-state index contributed by atoms with van der Waals surface area (Å²) < 4.78 is 23.6. The van der Waals surface area contributed by atoms with Crippen molar-refractivity contribution in [2.75, 3.05) is 28.3 Å². The Morgan fingerprint density at radius 3 is 2.65 bits per heavy atom. The van der Waals surface area contributed by atoms with E-state index in [1.807, 2.05) is 11.8 Å². The maximum atomic E-state index is 12.5. The molecule has 3 rings (SSSR count). The number of anilines is 2. The molecule has 1 amide bonds. The average Bonchev–Trinajstić information content (AvgIpc) is 2.97. The van der Waals surface area contributed by atoms with Gasteiger partial charge in [-0.3, -0.25) is 9.78 Å². The SMILES string of the molecule is CCN(c1cncc(C(=O)Nc2ccc(Cl)cc2)c1)C1CCS(=O)(=O)C1. The van der Waals surface area contributed by atoms with E-state index in [4.69, 9.17) is 11.6 Å². The number of benzene rings is 1. The first-order valence-corrected chi connectivity index (χ1v) is 10.6. The van der Waals surface area contributed by atoms with Crippen LogP contribution in [-0.4, -0.2) is 43.4 Å². The molecule has 1 aliphatic rings. The summed E-state index contributed by atoms with van der Waals surface area (Å²) in [6, 6.07) is 8.50. The lowest BCUT2D eigenvalue weighted by Gasteiger charge is -2.29. The first-order valence-electron chi connectivity index (χ1n) is 8.37. The van der Waals surface area contributed by atoms with Crippen LogP contribution in [0.1, 0.15) is 23.7 Å². The molecule has 1 aliphatic heterocycles. The smallest absolute Gasteiger partial charge is 0.257 e. The first kappa shape index (κ1) is 18.7. The Bertz CT molecular complexity index is 900. The fourth-order valence-electron chi connectivity index (χ4n) is 3.12. The van der Waals surface area contributed by atoms with E-state index in [2.05, 4.69) is 10.3 Å². The van der Waals surface area contributed by atoms with Gasteiger partial charge in [0, 0.05) is 29.5 Å². The molecule has 2 aromatic rings. The average molecular weight is 394 g/mol. The van der Waals surface area contributed by atoms with E-state index in [1.165, 1.54) is 6.20 Å². The van der Waals surface area contributed by atoms with Crippen molar-refractivity contribution in [3.63, 3.8) is 0 Å². The highest BCUT2D eigenvalue weighted by atomic mass is 35.5. The zero-order chi connectivity index (χ0) is 18.7. The summed E-state index contributed by atoms with van der Waals surface area (Å²) in [6.07, 6.45) is 3.75. The number of pyridine rings is 1. The highest BCUT2D eigenvalue weighted by molar-refractivity contribution is 7.91. The van der Waals surface area contributed by atoms with E-state index >= 15 is 0 Å². The zero-order valence-electron chi connectivity index (χ0n) is 14.4. The molecule has 1 unspecified atom stereocenters. The molecule has 1 fully saturated rings. The molecule has 1 aromatic carbocycles. The van der Waals surface area contributed by atoms with Crippen molar-refractivity contribution in [2.24, 2.45) is 0 Å². The number of halogens is 1. The third-order valence-electron chi connectivity index (χ3n) is 4.41. The predicted molar refractivity (Wildman–Crippen MR) is 104 cm³/mol. The summed E-state index contributed by atoms with van der Waals surface area (Å²) in [6.45, 7) is 2.61. The van der Waals surface area contributed by atoms with E-state index in [0.29, 0.717) is 29.2 Å². The van der Waals surface area contributed by atoms with Crippen LogP contribution in [0.4, 0.5) is 11.4 Å². The monoisotopic (exact) mass is 393 g/mol. The lowest BCUT2D eigenvalue weighted by Crippen LogP contribution is -2.36. The molecular weight excluding hydrogens is 374 g/mol. The maximum Gasteiger partial charge on any atom is 0.257 e. The number of carbonyl (C=O) groups is 1. The summed E-state index contributed by atoms with van der Waals surface area (Å²) >= 11 is 5.85. The van der Waals surface area contributed by atoms with Crippen molar-refractivity contribution in [1.82, 2.24) is 4.98 Å². The standard InChI is InChI=1S/C18H20ClN3O3S/c1-2-22(16-7-8-26(24,25)12-16)17-9-13(10-20-11-17)18(23)21-15-5-3-14(19)4-6-15/h3-6,9-11,16H,2,7-8,12H2,1H3,(H,21,23). The Kier molecular flexibility index (Phi) is 5.48. The van der Waals surface area contributed by atoms with Crippen molar-refractivity contribution in [3.05, 3.63) is 53.3 Å². The van der Waals surface area contributed by atoms with Gasteiger partial charge in [-0.25, -0.2) is 8.42 Å². The Labute approximate surface area is 158 Å². The molecule has 1 saturated heterocycles. The molecule has 0 radical (unpaired) electrons. The summed E-state index contributed by atoms with van der Waals surface area (Å²) in [5.41, 5.74) is 1.80. The second-order valence-electron chi connectivity index (χ2n) is 6.24. The van der Waals surface area contributed by atoms with E-state index in [9.17, 15) is 13.2 Å². The van der Waals surface area contributed by atoms with Crippen LogP contribution in [0.5, 0.6) is 0 Å². The molecule has 0 aliphatic carbocycles. The third kappa shape index (κ3) is 4.34. The number of sulfone groups is 1. The summed E-state index contributed by atoms with van der Waals surface area (Å²) in [5, 5.41) is 3.39. The number of amides is 1. The first-order chi connectivity index (χ1) is 12.4. The molecule has 8 heteroatoms. The minimum absolute atomic E-state index is 0.0821. The van der Waals surface area contributed by atoms with Gasteiger partial charge in [-0.1, -0.05) is 11.6 Å². The topological polar surface area (TPSA) is 79.4 Å². The molecule has 26 heavy (non-hydrogen) atoms. The van der Waals surface area contributed by atoms with Gasteiger partial charge in [-0.05, 0) is 43.7 Å². The van der Waals surface area contributed by atoms with Crippen molar-refractivity contribution in [1.29, 1.82) is 0 Å². The molecule has 6 nitrogen and oxygen atoms in total. The zero-order valence-corrected chi connectivity index (χ0v) is 15.9. The van der Waals surface area contributed by atoms with Gasteiger partial charge in [0.25, 0.3) is 5.91 Å². The van der Waals surface area contributed by atoms with Crippen LogP contribution in [0.15, 0.2) is 42.7 Å². The molecule has 0 bridgehead atoms. The van der Waals surface area contributed by atoms with Crippen LogP contribution in [0, 0.1) is 0 Å². The highest BCUT2D eigenvalue weighted by Crippen LogP contribution is 2.24. The number of aromatic nitrogens is 1. The summed E-state index contributed by atoms with van der Waals surface area (Å²) in [7, 11) is -2.98. The quantitative estimate of drug-likeness (QED) is 0.844. The van der Waals surface area contributed by atoms with Crippen LogP contribution >= 0.6 is 11.6 Å². The van der Waals surface area contributed by atoms with Crippen molar-refractivity contribution in [3.8, 4) is 0 Å². The Morgan fingerprint density at radius 2 is 2.04 bits per heavy atom. The van der Waals surface area contributed by atoms with E-state index < -0.39 is 9.84 Å². The molecule has 1 N–H and O–H groups in total. The van der Waals surface area contributed by atoms with Crippen molar-refractivity contribution in [2.45, 2.75) is 19.4 Å². The molecular formula is C18H20ClN3O3S. The van der Waals surface area contributed by atoms with Crippen LogP contribution in [0.3, 0.4) is 0 Å². The highest BCUT2D eigenvalue weighted by Gasteiger charge is 2.32. The molecule has 2 heterocycles. The van der Waals surface area contributed by atoms with E-state index in [0.717, 1.165) is 5.69 Å². The second-order valence-corrected chi connectivity index (χ2v) is 8.90. The lowest BCUT2D eigenvalue weighted by molar-refractivity contribution is 0.102. The maximum absolute atomic E-state index is 12.5. The van der Waals surface area contributed by atoms with Gasteiger partial charge in [0.05, 0.1) is 29.0 Å². The number of hydrogen-bond acceptors (Lipinski definition) is 5. The van der Waals surface area contributed by atoms with Crippen molar-refractivity contribution >= 4 is 38.7 Å². The summed E-state index contributed by atoms with van der Waals surface area (Å²) in [4.78, 5) is 18.6. The minimum Gasteiger partial charge on any atom is -0.367 e. The van der Waals surface area contributed by atoms with Gasteiger partial charge in [0.15, 0.2) is 9.84 Å². The van der Waals surface area contributed by atoms with Crippen LogP contribution in [0.25, 0.3) is 0 Å². The van der Waals surface area contributed by atoms with Crippen LogP contribution in [0.2, 0.25) is 5.02 Å². The van der Waals surface area contributed by atoms with Crippen LogP contribution in [-0.2, 0) is 9.84 Å². The van der Waals surface area contributed by atoms with Gasteiger partial charge in [-0.2, -0.15) is 0 Å². The number of nitrogens with zero attached hydrogens (tertiary/aromatic N) is 2.